The van der Waals surface area contributed by atoms with Gasteiger partial charge < -0.3 is 15.2 Å². The van der Waals surface area contributed by atoms with Crippen LogP contribution in [0.5, 0.6) is 0 Å². The molecule has 0 radical (unpaired) electrons. The van der Waals surface area contributed by atoms with E-state index in [4.69, 9.17) is 0 Å². The molecule has 4 heteroatoms. The van der Waals surface area contributed by atoms with Crippen molar-refractivity contribution in [1.29, 1.82) is 0 Å². The number of carbonyl (C=O) groups is 1. The van der Waals surface area contributed by atoms with Crippen molar-refractivity contribution in [3.05, 3.63) is 66.9 Å². The Labute approximate surface area is 129 Å². The van der Waals surface area contributed by atoms with Gasteiger partial charge in [0.25, 0.3) is 0 Å². The molecule has 0 aliphatic rings. The van der Waals surface area contributed by atoms with Crippen molar-refractivity contribution in [2.75, 3.05) is 11.9 Å². The predicted octanol–water partition coefficient (Wildman–Crippen LogP) is 3.85. The number of amides is 2. The topological polar surface area (TPSA) is 46.1 Å². The normalized spacial score (nSPS) is 10.5. The average molecular weight is 293 g/mol. The molecule has 0 fully saturated rings. The molecule has 0 spiro atoms. The monoisotopic (exact) mass is 293 g/mol. The van der Waals surface area contributed by atoms with Crippen LogP contribution in [0.3, 0.4) is 0 Å². The van der Waals surface area contributed by atoms with Gasteiger partial charge in [-0.15, -0.1) is 0 Å². The number of anilines is 1. The van der Waals surface area contributed by atoms with Crippen molar-refractivity contribution in [3.8, 4) is 0 Å². The minimum atomic E-state index is -0.163. The minimum Gasteiger partial charge on any atom is -0.347 e. The molecule has 2 aromatic carbocycles. The molecule has 4 nitrogen and oxygen atoms in total. The number of carbonyl (C=O) groups excluding carboxylic acids is 1. The number of urea groups is 1. The van der Waals surface area contributed by atoms with Gasteiger partial charge in [0.1, 0.15) is 0 Å². The summed E-state index contributed by atoms with van der Waals surface area (Å²) in [7, 11) is 0. The number of nitrogens with zero attached hydrogens (tertiary/aromatic N) is 1. The highest BCUT2D eigenvalue weighted by atomic mass is 16.2. The number of hydrogen-bond donors (Lipinski definition) is 2. The Morgan fingerprint density at radius 2 is 1.73 bits per heavy atom. The Morgan fingerprint density at radius 3 is 2.59 bits per heavy atom. The molecule has 1 heterocycles. The van der Waals surface area contributed by atoms with Gasteiger partial charge in [0, 0.05) is 30.5 Å². The van der Waals surface area contributed by atoms with Crippen LogP contribution in [0.15, 0.2) is 66.9 Å². The van der Waals surface area contributed by atoms with Crippen molar-refractivity contribution < 1.29 is 4.79 Å². The Hall–Kier alpha value is -2.75. The second-order valence-corrected chi connectivity index (χ2v) is 5.17. The van der Waals surface area contributed by atoms with Crippen LogP contribution < -0.4 is 10.6 Å². The number of fused-ring (bicyclic) bond motifs is 1. The van der Waals surface area contributed by atoms with Crippen LogP contribution in [0, 0.1) is 0 Å². The summed E-state index contributed by atoms with van der Waals surface area (Å²) in [6.45, 7) is 1.53. The van der Waals surface area contributed by atoms with E-state index in [2.05, 4.69) is 39.6 Å². The largest absolute Gasteiger partial charge is 0.347 e. The van der Waals surface area contributed by atoms with Crippen LogP contribution in [-0.2, 0) is 6.54 Å². The maximum Gasteiger partial charge on any atom is 0.319 e. The lowest BCUT2D eigenvalue weighted by Gasteiger charge is -2.08. The van der Waals surface area contributed by atoms with Crippen LogP contribution in [0.2, 0.25) is 0 Å². The highest BCUT2D eigenvalue weighted by Gasteiger charge is 2.02. The molecule has 2 N–H and O–H groups in total. The van der Waals surface area contributed by atoms with Gasteiger partial charge in [-0.1, -0.05) is 36.4 Å². The van der Waals surface area contributed by atoms with Crippen LogP contribution in [0.1, 0.15) is 6.42 Å². The third-order valence-electron chi connectivity index (χ3n) is 3.57. The average Bonchev–Trinajstić information content (AvgIpc) is 2.96. The fraction of sp³-hybridized carbons (Fsp3) is 0.167. The van der Waals surface area contributed by atoms with Gasteiger partial charge >= 0.3 is 6.03 Å². The molecule has 112 valence electrons. The molecule has 22 heavy (non-hydrogen) atoms. The first-order chi connectivity index (χ1) is 10.8. The summed E-state index contributed by atoms with van der Waals surface area (Å²) in [5, 5.41) is 6.93. The number of benzene rings is 2. The maximum absolute atomic E-state index is 11.8. The van der Waals surface area contributed by atoms with Crippen LogP contribution in [-0.4, -0.2) is 17.1 Å². The van der Waals surface area contributed by atoms with Crippen molar-refractivity contribution in [2.24, 2.45) is 0 Å². The minimum absolute atomic E-state index is 0.163. The lowest BCUT2D eigenvalue weighted by atomic mass is 10.2. The van der Waals surface area contributed by atoms with Crippen molar-refractivity contribution in [1.82, 2.24) is 9.88 Å². The van der Waals surface area contributed by atoms with Crippen LogP contribution >= 0.6 is 0 Å². The van der Waals surface area contributed by atoms with Crippen LogP contribution in [0.25, 0.3) is 10.9 Å². The van der Waals surface area contributed by atoms with E-state index in [0.717, 1.165) is 18.7 Å². The number of aryl methyl sites for hydroxylation is 1. The highest BCUT2D eigenvalue weighted by molar-refractivity contribution is 5.89. The summed E-state index contributed by atoms with van der Waals surface area (Å²) < 4.78 is 2.21. The molecule has 3 aromatic rings. The van der Waals surface area contributed by atoms with Gasteiger partial charge in [0.15, 0.2) is 0 Å². The smallest absolute Gasteiger partial charge is 0.319 e. The number of hydrogen-bond acceptors (Lipinski definition) is 1. The van der Waals surface area contributed by atoms with Crippen molar-refractivity contribution >= 4 is 22.6 Å². The third-order valence-corrected chi connectivity index (χ3v) is 3.57. The zero-order chi connectivity index (χ0) is 15.2. The van der Waals surface area contributed by atoms with Gasteiger partial charge in [0.2, 0.25) is 0 Å². The van der Waals surface area contributed by atoms with E-state index in [0.29, 0.717) is 6.54 Å². The highest BCUT2D eigenvalue weighted by Crippen LogP contribution is 2.15. The Morgan fingerprint density at radius 1 is 0.955 bits per heavy atom. The second-order valence-electron chi connectivity index (χ2n) is 5.17. The Balaban J connectivity index is 1.45. The Kier molecular flexibility index (Phi) is 4.39. The molecular formula is C18H19N3O. The lowest BCUT2D eigenvalue weighted by Crippen LogP contribution is -2.29. The zero-order valence-corrected chi connectivity index (χ0v) is 12.3. The predicted molar refractivity (Wildman–Crippen MR) is 90.0 cm³/mol. The fourth-order valence-electron chi connectivity index (χ4n) is 2.48. The molecule has 1 aromatic heterocycles. The first-order valence-electron chi connectivity index (χ1n) is 7.47. The first kappa shape index (κ1) is 14.2. The van der Waals surface area contributed by atoms with E-state index in [9.17, 15) is 4.79 Å². The van der Waals surface area contributed by atoms with E-state index >= 15 is 0 Å². The molecule has 0 bridgehead atoms. The number of nitrogens with one attached hydrogen (secondary N) is 2. The molecule has 0 saturated heterocycles. The number of rotatable bonds is 5. The molecule has 3 rings (SSSR count). The zero-order valence-electron chi connectivity index (χ0n) is 12.3. The second kappa shape index (κ2) is 6.80. The summed E-state index contributed by atoms with van der Waals surface area (Å²) in [5.74, 6) is 0. The lowest BCUT2D eigenvalue weighted by molar-refractivity contribution is 0.252. The maximum atomic E-state index is 11.8. The molecule has 0 aliphatic heterocycles. The standard InChI is InChI=1S/C18H19N3O/c22-18(20-16-8-2-1-3-9-16)19-12-6-13-21-14-11-15-7-4-5-10-17(15)21/h1-5,7-11,14H,6,12-13H2,(H2,19,20,22). The molecular weight excluding hydrogens is 274 g/mol. The SMILES string of the molecule is O=C(NCCCn1ccc2ccccc21)Nc1ccccc1. The van der Waals surface area contributed by atoms with Crippen LogP contribution in [0.4, 0.5) is 10.5 Å². The third kappa shape index (κ3) is 3.47. The quantitative estimate of drug-likeness (QED) is 0.690. The first-order valence-corrected chi connectivity index (χ1v) is 7.47. The van der Waals surface area contributed by atoms with Crippen molar-refractivity contribution in [2.45, 2.75) is 13.0 Å². The summed E-state index contributed by atoms with van der Waals surface area (Å²) in [5.41, 5.74) is 2.03. The summed E-state index contributed by atoms with van der Waals surface area (Å²) in [6.07, 6.45) is 2.98. The summed E-state index contributed by atoms with van der Waals surface area (Å²) in [4.78, 5) is 11.8. The van der Waals surface area contributed by atoms with E-state index in [1.165, 1.54) is 10.9 Å². The van der Waals surface area contributed by atoms with E-state index in [1.54, 1.807) is 0 Å². The molecule has 2 amide bonds. The van der Waals surface area contributed by atoms with Gasteiger partial charge in [0.05, 0.1) is 0 Å². The molecule has 0 unspecified atom stereocenters. The summed E-state index contributed by atoms with van der Waals surface area (Å²) in [6, 6.07) is 19.7. The van der Waals surface area contributed by atoms with Crippen molar-refractivity contribution in [3.63, 3.8) is 0 Å². The summed E-state index contributed by atoms with van der Waals surface area (Å²) >= 11 is 0. The van der Waals surface area contributed by atoms with E-state index in [-0.39, 0.29) is 6.03 Å². The van der Waals surface area contributed by atoms with E-state index in [1.807, 2.05) is 42.5 Å². The molecule has 0 aliphatic carbocycles. The number of para-hydroxylation sites is 2. The van der Waals surface area contributed by atoms with Gasteiger partial charge in [-0.2, -0.15) is 0 Å². The number of aromatic nitrogens is 1. The fourth-order valence-corrected chi connectivity index (χ4v) is 2.48. The van der Waals surface area contributed by atoms with Gasteiger partial charge in [-0.05, 0) is 36.1 Å². The van der Waals surface area contributed by atoms with Gasteiger partial charge in [-0.25, -0.2) is 4.79 Å². The van der Waals surface area contributed by atoms with E-state index < -0.39 is 0 Å². The van der Waals surface area contributed by atoms with Gasteiger partial charge in [-0.3, -0.25) is 0 Å². The molecule has 0 atom stereocenters. The Bertz CT molecular complexity index is 749. The molecule has 0 saturated carbocycles.